The summed E-state index contributed by atoms with van der Waals surface area (Å²) in [7, 11) is -2.85. The molecule has 2 rings (SSSR count). The number of carbonyl (C=O) groups is 1. The third-order valence-electron chi connectivity index (χ3n) is 2.93. The fourth-order valence-electron chi connectivity index (χ4n) is 1.78. The number of aromatic nitrogens is 2. The predicted octanol–water partition coefficient (Wildman–Crippen LogP) is 2.35. The standard InChI is InChI=1S/C14H11F3N2O4S/c1-23-12(20)9-5-3-8(4-6-9)10-7-11(14(15,16)17)19-13(18-10)24(2,21)22/h3-7H,1-2H3. The monoisotopic (exact) mass is 360 g/mol. The molecule has 0 aliphatic heterocycles. The lowest BCUT2D eigenvalue weighted by Gasteiger charge is -2.10. The van der Waals surface area contributed by atoms with Gasteiger partial charge in [-0.25, -0.2) is 23.2 Å². The van der Waals surface area contributed by atoms with Crippen LogP contribution in [0.3, 0.4) is 0 Å². The number of sulfone groups is 1. The number of benzene rings is 1. The fourth-order valence-corrected chi connectivity index (χ4v) is 2.31. The van der Waals surface area contributed by atoms with Crippen molar-refractivity contribution in [1.82, 2.24) is 9.97 Å². The summed E-state index contributed by atoms with van der Waals surface area (Å²) in [4.78, 5) is 18.1. The van der Waals surface area contributed by atoms with Gasteiger partial charge >= 0.3 is 12.1 Å². The van der Waals surface area contributed by atoms with Gasteiger partial charge in [-0.2, -0.15) is 13.2 Å². The maximum atomic E-state index is 12.9. The molecule has 1 aromatic heterocycles. The minimum absolute atomic E-state index is 0.190. The second kappa shape index (κ2) is 6.19. The van der Waals surface area contributed by atoms with Crippen molar-refractivity contribution in [2.24, 2.45) is 0 Å². The van der Waals surface area contributed by atoms with Crippen molar-refractivity contribution in [2.45, 2.75) is 11.3 Å². The molecule has 2 aromatic rings. The normalized spacial score (nSPS) is 12.0. The smallest absolute Gasteiger partial charge is 0.433 e. The fraction of sp³-hybridized carbons (Fsp3) is 0.214. The van der Waals surface area contributed by atoms with Crippen molar-refractivity contribution in [3.8, 4) is 11.3 Å². The first kappa shape index (κ1) is 17.9. The minimum atomic E-state index is -4.83. The summed E-state index contributed by atoms with van der Waals surface area (Å²) in [6.07, 6.45) is -4.12. The number of nitrogens with zero attached hydrogens (tertiary/aromatic N) is 2. The Kier molecular flexibility index (Phi) is 4.61. The lowest BCUT2D eigenvalue weighted by molar-refractivity contribution is -0.141. The largest absolute Gasteiger partial charge is 0.465 e. The van der Waals surface area contributed by atoms with Gasteiger partial charge in [0.1, 0.15) is 5.69 Å². The van der Waals surface area contributed by atoms with Gasteiger partial charge in [-0.15, -0.1) is 0 Å². The molecule has 24 heavy (non-hydrogen) atoms. The number of ether oxygens (including phenoxy) is 1. The summed E-state index contributed by atoms with van der Waals surface area (Å²) in [5, 5.41) is -0.927. The van der Waals surface area contributed by atoms with E-state index in [2.05, 4.69) is 14.7 Å². The van der Waals surface area contributed by atoms with E-state index >= 15 is 0 Å². The highest BCUT2D eigenvalue weighted by Crippen LogP contribution is 2.31. The molecule has 1 aromatic carbocycles. The van der Waals surface area contributed by atoms with Gasteiger partial charge in [-0.05, 0) is 18.2 Å². The molecular formula is C14H11F3N2O4S. The quantitative estimate of drug-likeness (QED) is 0.617. The Bertz CT molecular complexity index is 878. The number of carbonyl (C=O) groups excluding carboxylic acids is 1. The molecule has 0 aliphatic rings. The highest BCUT2D eigenvalue weighted by molar-refractivity contribution is 7.90. The molecule has 0 amide bonds. The Morgan fingerprint density at radius 3 is 2.17 bits per heavy atom. The van der Waals surface area contributed by atoms with E-state index in [1.54, 1.807) is 0 Å². The van der Waals surface area contributed by atoms with Crippen LogP contribution in [0.25, 0.3) is 11.3 Å². The van der Waals surface area contributed by atoms with E-state index in [-0.39, 0.29) is 16.8 Å². The molecule has 1 heterocycles. The predicted molar refractivity (Wildman–Crippen MR) is 76.9 cm³/mol. The highest BCUT2D eigenvalue weighted by Gasteiger charge is 2.34. The molecule has 0 aliphatic carbocycles. The van der Waals surface area contributed by atoms with Crippen molar-refractivity contribution < 1.29 is 31.1 Å². The Labute approximate surface area is 135 Å². The van der Waals surface area contributed by atoms with Crippen molar-refractivity contribution in [3.63, 3.8) is 0 Å². The summed E-state index contributed by atoms with van der Waals surface area (Å²) < 4.78 is 66.3. The molecule has 0 fully saturated rings. The van der Waals surface area contributed by atoms with Crippen LogP contribution in [-0.4, -0.2) is 37.7 Å². The molecule has 6 nitrogen and oxygen atoms in total. The Balaban J connectivity index is 2.59. The number of alkyl halides is 3. The number of hydrogen-bond acceptors (Lipinski definition) is 6. The Morgan fingerprint density at radius 1 is 1.12 bits per heavy atom. The average Bonchev–Trinajstić information content (AvgIpc) is 2.52. The van der Waals surface area contributed by atoms with Crippen molar-refractivity contribution in [1.29, 1.82) is 0 Å². The van der Waals surface area contributed by atoms with E-state index in [0.29, 0.717) is 12.3 Å². The average molecular weight is 360 g/mol. The lowest BCUT2D eigenvalue weighted by Crippen LogP contribution is -2.14. The van der Waals surface area contributed by atoms with E-state index < -0.39 is 32.8 Å². The zero-order valence-electron chi connectivity index (χ0n) is 12.5. The number of esters is 1. The number of hydrogen-bond donors (Lipinski definition) is 0. The van der Waals surface area contributed by atoms with Crippen molar-refractivity contribution in [3.05, 3.63) is 41.6 Å². The summed E-state index contributed by atoms with van der Waals surface area (Å²) in [5.74, 6) is -0.614. The lowest BCUT2D eigenvalue weighted by atomic mass is 10.1. The number of methoxy groups -OCH3 is 1. The van der Waals surface area contributed by atoms with Crippen LogP contribution in [0, 0.1) is 0 Å². The van der Waals surface area contributed by atoms with Crippen LogP contribution in [0.4, 0.5) is 13.2 Å². The van der Waals surface area contributed by atoms with E-state index in [4.69, 9.17) is 0 Å². The molecule has 10 heteroatoms. The summed E-state index contributed by atoms with van der Waals surface area (Å²) in [5.41, 5.74) is -1.21. The zero-order chi connectivity index (χ0) is 18.1. The van der Waals surface area contributed by atoms with Gasteiger partial charge in [0.05, 0.1) is 18.4 Å². The van der Waals surface area contributed by atoms with Crippen LogP contribution in [0.5, 0.6) is 0 Å². The van der Waals surface area contributed by atoms with Crippen molar-refractivity contribution >= 4 is 15.8 Å². The molecular weight excluding hydrogens is 349 g/mol. The van der Waals surface area contributed by atoms with Crippen LogP contribution in [0.15, 0.2) is 35.5 Å². The SMILES string of the molecule is COC(=O)c1ccc(-c2cc(C(F)(F)F)nc(S(C)(=O)=O)n2)cc1. The molecule has 0 radical (unpaired) electrons. The van der Waals surface area contributed by atoms with Gasteiger partial charge < -0.3 is 4.74 Å². The second-order valence-corrected chi connectivity index (χ2v) is 6.67. The Hall–Kier alpha value is -2.49. The second-order valence-electron chi connectivity index (χ2n) is 4.76. The van der Waals surface area contributed by atoms with Gasteiger partial charge in [0.25, 0.3) is 0 Å². The summed E-state index contributed by atoms with van der Waals surface area (Å²) in [6, 6.07) is 5.97. The van der Waals surface area contributed by atoms with E-state index in [1.807, 2.05) is 0 Å². The first-order chi connectivity index (χ1) is 11.0. The van der Waals surface area contributed by atoms with Crippen LogP contribution in [0.2, 0.25) is 0 Å². The van der Waals surface area contributed by atoms with Gasteiger partial charge in [-0.1, -0.05) is 12.1 Å². The summed E-state index contributed by atoms with van der Waals surface area (Å²) in [6.45, 7) is 0. The van der Waals surface area contributed by atoms with Crippen LogP contribution >= 0.6 is 0 Å². The maximum absolute atomic E-state index is 12.9. The van der Waals surface area contributed by atoms with E-state index in [0.717, 1.165) is 0 Å². The van der Waals surface area contributed by atoms with Crippen LogP contribution < -0.4 is 0 Å². The van der Waals surface area contributed by atoms with Gasteiger partial charge in [0.2, 0.25) is 15.0 Å². The molecule has 0 unspecified atom stereocenters. The molecule has 0 saturated carbocycles. The van der Waals surface area contributed by atoms with Crippen LogP contribution in [0.1, 0.15) is 16.1 Å². The Morgan fingerprint density at radius 2 is 1.71 bits per heavy atom. The third-order valence-corrected chi connectivity index (χ3v) is 3.78. The minimum Gasteiger partial charge on any atom is -0.465 e. The molecule has 0 bridgehead atoms. The van der Waals surface area contributed by atoms with Crippen molar-refractivity contribution in [2.75, 3.05) is 13.4 Å². The van der Waals surface area contributed by atoms with E-state index in [9.17, 15) is 26.4 Å². The molecule has 0 N–H and O–H groups in total. The maximum Gasteiger partial charge on any atom is 0.433 e. The molecule has 0 spiro atoms. The molecule has 128 valence electrons. The van der Waals surface area contributed by atoms with Gasteiger partial charge in [0.15, 0.2) is 0 Å². The molecule has 0 atom stereocenters. The first-order valence-corrected chi connectivity index (χ1v) is 8.26. The van der Waals surface area contributed by atoms with Gasteiger partial charge in [-0.3, -0.25) is 0 Å². The number of rotatable bonds is 3. The first-order valence-electron chi connectivity index (χ1n) is 6.37. The zero-order valence-corrected chi connectivity index (χ0v) is 13.3. The summed E-state index contributed by atoms with van der Waals surface area (Å²) >= 11 is 0. The van der Waals surface area contributed by atoms with Crippen LogP contribution in [-0.2, 0) is 20.8 Å². The highest BCUT2D eigenvalue weighted by atomic mass is 32.2. The van der Waals surface area contributed by atoms with E-state index in [1.165, 1.54) is 31.4 Å². The topological polar surface area (TPSA) is 86.2 Å². The molecule has 0 saturated heterocycles. The van der Waals surface area contributed by atoms with Gasteiger partial charge in [0, 0.05) is 11.8 Å². The third kappa shape index (κ3) is 3.88. The number of halogens is 3.